The fourth-order valence-corrected chi connectivity index (χ4v) is 5.42. The van der Waals surface area contributed by atoms with Crippen LogP contribution in [0.15, 0.2) is 22.8 Å². The Balaban J connectivity index is 2.09. The van der Waals surface area contributed by atoms with Gasteiger partial charge in [0.15, 0.2) is 0 Å². The van der Waals surface area contributed by atoms with Gasteiger partial charge in [-0.2, -0.15) is 0 Å². The summed E-state index contributed by atoms with van der Waals surface area (Å²) >= 11 is 0. The van der Waals surface area contributed by atoms with Gasteiger partial charge in [-0.05, 0) is 75.2 Å². The van der Waals surface area contributed by atoms with Crippen molar-refractivity contribution in [1.82, 2.24) is 0 Å². The predicted molar refractivity (Wildman–Crippen MR) is 101 cm³/mol. The van der Waals surface area contributed by atoms with E-state index in [0.717, 1.165) is 18.8 Å². The first-order valence-electron chi connectivity index (χ1n) is 9.65. The Morgan fingerprint density at radius 2 is 1.96 bits per heavy atom. The average molecular weight is 333 g/mol. The highest BCUT2D eigenvalue weighted by molar-refractivity contribution is 5.66. The van der Waals surface area contributed by atoms with Gasteiger partial charge < -0.3 is 4.74 Å². The summed E-state index contributed by atoms with van der Waals surface area (Å²) in [7, 11) is 0. The smallest absolute Gasteiger partial charge is 0.302 e. The van der Waals surface area contributed by atoms with Crippen LogP contribution in [0.3, 0.4) is 0 Å². The second-order valence-corrected chi connectivity index (χ2v) is 8.96. The van der Waals surface area contributed by atoms with E-state index in [4.69, 9.17) is 4.74 Å². The molecule has 0 heterocycles. The molecule has 0 saturated heterocycles. The molecule has 1 fully saturated rings. The van der Waals surface area contributed by atoms with Gasteiger partial charge in [-0.1, -0.05) is 43.9 Å². The van der Waals surface area contributed by atoms with Gasteiger partial charge in [0, 0.05) is 6.92 Å². The van der Waals surface area contributed by atoms with E-state index in [9.17, 15) is 4.79 Å². The van der Waals surface area contributed by atoms with E-state index in [1.54, 1.807) is 11.1 Å². The molecule has 0 amide bonds. The van der Waals surface area contributed by atoms with Crippen LogP contribution in [0.5, 0.6) is 0 Å². The van der Waals surface area contributed by atoms with Crippen molar-refractivity contribution in [3.8, 4) is 0 Å². The summed E-state index contributed by atoms with van der Waals surface area (Å²) in [5, 5.41) is 0. The molecule has 1 saturated carbocycles. The van der Waals surface area contributed by atoms with Gasteiger partial charge in [0.05, 0.1) is 0 Å². The lowest BCUT2D eigenvalue weighted by molar-refractivity contribution is -0.139. The second-order valence-electron chi connectivity index (χ2n) is 8.96. The average Bonchev–Trinajstić information content (AvgIpc) is 2.45. The summed E-state index contributed by atoms with van der Waals surface area (Å²) in [5.41, 5.74) is 5.56. The van der Waals surface area contributed by atoms with Crippen molar-refractivity contribution in [2.24, 2.45) is 16.7 Å². The molecule has 0 aromatic heterocycles. The molecule has 0 spiro atoms. The fourth-order valence-electron chi connectivity index (χ4n) is 5.42. The van der Waals surface area contributed by atoms with Crippen LogP contribution in [0.1, 0.15) is 86.5 Å². The van der Waals surface area contributed by atoms with Crippen LogP contribution in [0.25, 0.3) is 0 Å². The first-order valence-corrected chi connectivity index (χ1v) is 9.65. The number of rotatable bonds is 5. The van der Waals surface area contributed by atoms with E-state index in [-0.39, 0.29) is 5.97 Å². The van der Waals surface area contributed by atoms with Gasteiger partial charge in [0.2, 0.25) is 0 Å². The highest BCUT2D eigenvalue weighted by Crippen LogP contribution is 2.60. The monoisotopic (exact) mass is 332 g/mol. The zero-order valence-corrected chi connectivity index (χ0v) is 16.6. The third-order valence-corrected chi connectivity index (χ3v) is 6.73. The minimum atomic E-state index is -0.204. The Hall–Kier alpha value is -1.05. The van der Waals surface area contributed by atoms with Crippen LogP contribution in [0.4, 0.5) is 0 Å². The summed E-state index contributed by atoms with van der Waals surface area (Å²) in [5.74, 6) is 0.618. The summed E-state index contributed by atoms with van der Waals surface area (Å²) in [6, 6.07) is 0. The fraction of sp³-hybridized carbons (Fsp3) is 0.773. The summed E-state index contributed by atoms with van der Waals surface area (Å²) < 4.78 is 5.03. The number of fused-ring (bicyclic) bond motifs is 1. The lowest BCUT2D eigenvalue weighted by atomic mass is 9.50. The number of carbonyl (C=O) groups excluding carboxylic acids is 1. The summed E-state index contributed by atoms with van der Waals surface area (Å²) in [6.07, 6.45) is 11.0. The van der Waals surface area contributed by atoms with Crippen molar-refractivity contribution in [3.05, 3.63) is 22.8 Å². The van der Waals surface area contributed by atoms with Crippen molar-refractivity contribution in [2.75, 3.05) is 6.61 Å². The van der Waals surface area contributed by atoms with Crippen molar-refractivity contribution in [2.45, 2.75) is 86.5 Å². The van der Waals surface area contributed by atoms with Crippen molar-refractivity contribution in [3.63, 3.8) is 0 Å². The Bertz CT molecular complexity index is 538. The highest BCUT2D eigenvalue weighted by atomic mass is 16.5. The summed E-state index contributed by atoms with van der Waals surface area (Å²) in [6.45, 7) is 13.9. The maximum Gasteiger partial charge on any atom is 0.302 e. The Labute approximate surface area is 148 Å². The standard InChI is InChI=1S/C22H36O2/c1-16(12-15-24-18(3)23)8-10-19-17(2)9-11-20-21(4,5)13-7-14-22(19,20)6/h12,20H,7-11,13-15H2,1-6H3. The molecule has 2 aliphatic carbocycles. The molecule has 0 aliphatic heterocycles. The molecule has 2 aliphatic rings. The lowest BCUT2D eigenvalue weighted by Crippen LogP contribution is -2.45. The van der Waals surface area contributed by atoms with Gasteiger partial charge in [0.1, 0.15) is 6.61 Å². The third-order valence-electron chi connectivity index (χ3n) is 6.73. The number of esters is 1. The first-order chi connectivity index (χ1) is 11.2. The second kappa shape index (κ2) is 7.45. The molecule has 2 heteroatoms. The van der Waals surface area contributed by atoms with E-state index >= 15 is 0 Å². The van der Waals surface area contributed by atoms with Crippen molar-refractivity contribution < 1.29 is 9.53 Å². The molecule has 2 rings (SSSR count). The molecule has 2 atom stereocenters. The van der Waals surface area contributed by atoms with Crippen LogP contribution in [-0.4, -0.2) is 12.6 Å². The molecule has 2 nitrogen and oxygen atoms in total. The number of hydrogen-bond acceptors (Lipinski definition) is 2. The molecular formula is C22H36O2. The predicted octanol–water partition coefficient (Wildman–Crippen LogP) is 6.22. The lowest BCUT2D eigenvalue weighted by Gasteiger charge is -2.55. The van der Waals surface area contributed by atoms with Crippen LogP contribution in [0, 0.1) is 16.7 Å². The van der Waals surface area contributed by atoms with Gasteiger partial charge >= 0.3 is 5.97 Å². The molecular weight excluding hydrogens is 296 g/mol. The number of ether oxygens (including phenoxy) is 1. The van der Waals surface area contributed by atoms with Crippen molar-refractivity contribution in [1.29, 1.82) is 0 Å². The zero-order valence-electron chi connectivity index (χ0n) is 16.6. The minimum Gasteiger partial charge on any atom is -0.462 e. The van der Waals surface area contributed by atoms with Crippen LogP contribution < -0.4 is 0 Å². The van der Waals surface area contributed by atoms with E-state index in [2.05, 4.69) is 40.7 Å². The highest BCUT2D eigenvalue weighted by Gasteiger charge is 2.49. The van der Waals surface area contributed by atoms with Crippen LogP contribution >= 0.6 is 0 Å². The van der Waals surface area contributed by atoms with Gasteiger partial charge in [0.25, 0.3) is 0 Å². The van der Waals surface area contributed by atoms with Crippen LogP contribution in [0.2, 0.25) is 0 Å². The SMILES string of the molecule is CC(=O)OCC=C(C)CCC1=C(C)CCC2C(C)(C)CCCC12C. The zero-order chi connectivity index (χ0) is 18.0. The van der Waals surface area contributed by atoms with Crippen molar-refractivity contribution >= 4 is 5.97 Å². The van der Waals surface area contributed by atoms with E-state index in [0.29, 0.717) is 17.4 Å². The Kier molecular flexibility index (Phi) is 5.99. The van der Waals surface area contributed by atoms with Gasteiger partial charge in [-0.3, -0.25) is 4.79 Å². The molecule has 0 bridgehead atoms. The minimum absolute atomic E-state index is 0.204. The first kappa shape index (κ1) is 19.3. The Morgan fingerprint density at radius 3 is 2.62 bits per heavy atom. The molecule has 0 aromatic rings. The molecule has 24 heavy (non-hydrogen) atoms. The van der Waals surface area contributed by atoms with Gasteiger partial charge in [-0.15, -0.1) is 0 Å². The maximum absolute atomic E-state index is 10.9. The molecule has 0 radical (unpaired) electrons. The summed E-state index contributed by atoms with van der Waals surface area (Å²) in [4.78, 5) is 10.9. The number of hydrogen-bond donors (Lipinski definition) is 0. The normalized spacial score (nSPS) is 30.1. The number of carbonyl (C=O) groups is 1. The number of allylic oxidation sites excluding steroid dienone is 3. The molecule has 2 unspecified atom stereocenters. The van der Waals surface area contributed by atoms with Gasteiger partial charge in [-0.25, -0.2) is 0 Å². The molecule has 136 valence electrons. The molecule has 0 N–H and O–H groups in total. The third kappa shape index (κ3) is 4.13. The quantitative estimate of drug-likeness (QED) is 0.441. The van der Waals surface area contributed by atoms with E-state index in [1.807, 2.05) is 0 Å². The topological polar surface area (TPSA) is 26.3 Å². The van der Waals surface area contributed by atoms with Crippen LogP contribution in [-0.2, 0) is 9.53 Å². The van der Waals surface area contributed by atoms with E-state index in [1.165, 1.54) is 44.6 Å². The maximum atomic E-state index is 10.9. The molecule has 0 aromatic carbocycles. The Morgan fingerprint density at radius 1 is 1.25 bits per heavy atom. The van der Waals surface area contributed by atoms with E-state index < -0.39 is 0 Å². The largest absolute Gasteiger partial charge is 0.462 e.